The Kier molecular flexibility index (Phi) is 7.70. The predicted octanol–water partition coefficient (Wildman–Crippen LogP) is 5.45. The summed E-state index contributed by atoms with van der Waals surface area (Å²) in [6.07, 6.45) is 2.72. The number of Topliss-reactive ketones (excluding diaryl/α,β-unsaturated/α-hetero) is 1. The fourth-order valence-electron chi connectivity index (χ4n) is 4.85. The van der Waals surface area contributed by atoms with Crippen molar-refractivity contribution in [3.63, 3.8) is 0 Å². The van der Waals surface area contributed by atoms with Crippen LogP contribution in [0.15, 0.2) is 71.5 Å². The number of nitrogens with zero attached hydrogens (tertiary/aromatic N) is 2. The Labute approximate surface area is 230 Å². The summed E-state index contributed by atoms with van der Waals surface area (Å²) in [4.78, 5) is 31.9. The van der Waals surface area contributed by atoms with Crippen molar-refractivity contribution in [2.24, 2.45) is 0 Å². The van der Waals surface area contributed by atoms with E-state index in [2.05, 4.69) is 10.3 Å². The van der Waals surface area contributed by atoms with Gasteiger partial charge in [-0.3, -0.25) is 4.79 Å². The molecule has 0 aliphatic carbocycles. The van der Waals surface area contributed by atoms with Gasteiger partial charge in [-0.25, -0.2) is 14.7 Å². The lowest BCUT2D eigenvalue weighted by molar-refractivity contribution is -0.192. The number of ether oxygens (including phenoxy) is 3. The second kappa shape index (κ2) is 11.4. The zero-order chi connectivity index (χ0) is 28.3. The van der Waals surface area contributed by atoms with Gasteiger partial charge in [-0.2, -0.15) is 4.39 Å². The third kappa shape index (κ3) is 5.22. The fourth-order valence-corrected chi connectivity index (χ4v) is 4.85. The maximum absolute atomic E-state index is 17.2. The quantitative estimate of drug-likeness (QED) is 0.205. The number of ketones is 1. The molecule has 2 heterocycles. The summed E-state index contributed by atoms with van der Waals surface area (Å²) >= 11 is 0. The highest BCUT2D eigenvalue weighted by molar-refractivity contribution is 5.95. The number of likely N-dealkylation sites (tertiary alicyclic amines) is 1. The number of esters is 1. The molecule has 3 aromatic carbocycles. The van der Waals surface area contributed by atoms with E-state index in [1.54, 1.807) is 12.1 Å². The summed E-state index contributed by atoms with van der Waals surface area (Å²) in [5.41, 5.74) is 3.10. The fraction of sp³-hybridized carbons (Fsp3) is 0.300. The lowest BCUT2D eigenvalue weighted by atomic mass is 9.98. The molecular formula is C30H30FN3O6. The van der Waals surface area contributed by atoms with E-state index in [0.29, 0.717) is 41.2 Å². The van der Waals surface area contributed by atoms with E-state index >= 15 is 4.39 Å². The number of nitrogens with one attached hydrogen (secondary N) is 1. The molecule has 2 unspecified atom stereocenters. The average Bonchev–Trinajstić information content (AvgIpc) is 3.69. The van der Waals surface area contributed by atoms with E-state index in [1.165, 1.54) is 49.8 Å². The number of rotatable bonds is 10. The number of aromatic nitrogens is 1. The van der Waals surface area contributed by atoms with Gasteiger partial charge in [0, 0.05) is 18.8 Å². The first-order chi connectivity index (χ1) is 19.3. The van der Waals surface area contributed by atoms with Crippen LogP contribution in [0.4, 0.5) is 10.1 Å². The van der Waals surface area contributed by atoms with Crippen LogP contribution in [0.5, 0.6) is 11.5 Å². The molecule has 10 heteroatoms. The van der Waals surface area contributed by atoms with Gasteiger partial charge in [-0.15, -0.1) is 0 Å². The van der Waals surface area contributed by atoms with E-state index in [4.69, 9.17) is 18.6 Å². The number of hydrogen-bond acceptors (Lipinski definition) is 9. The third-order valence-corrected chi connectivity index (χ3v) is 7.03. The molecular weight excluding hydrogens is 517 g/mol. The SMILES string of the molecule is COC(=O)c1ccc(OC(F)(C(=O)C(Nc2ccccc2C)c2cc(OC)c3ncoc3c2)N2CCCC2)cc1. The van der Waals surface area contributed by atoms with Crippen molar-refractivity contribution in [2.45, 2.75) is 31.8 Å². The van der Waals surface area contributed by atoms with Gasteiger partial charge < -0.3 is 23.9 Å². The van der Waals surface area contributed by atoms with Crippen LogP contribution in [0, 0.1) is 6.92 Å². The summed E-state index contributed by atoms with van der Waals surface area (Å²) < 4.78 is 38.9. The third-order valence-electron chi connectivity index (χ3n) is 7.03. The van der Waals surface area contributed by atoms with Gasteiger partial charge in [-0.05, 0) is 73.4 Å². The van der Waals surface area contributed by atoms with Crippen LogP contribution < -0.4 is 14.8 Å². The number of benzene rings is 3. The molecule has 1 aliphatic heterocycles. The molecule has 9 nitrogen and oxygen atoms in total. The summed E-state index contributed by atoms with van der Waals surface area (Å²) in [6, 6.07) is 15.3. The number of alkyl halides is 1. The van der Waals surface area contributed by atoms with Gasteiger partial charge in [0.1, 0.15) is 17.5 Å². The van der Waals surface area contributed by atoms with Crippen molar-refractivity contribution in [1.29, 1.82) is 0 Å². The molecule has 1 fully saturated rings. The first-order valence-corrected chi connectivity index (χ1v) is 12.9. The molecule has 5 rings (SSSR count). The Hall–Kier alpha value is -4.44. The number of anilines is 1. The minimum atomic E-state index is -2.83. The van der Waals surface area contributed by atoms with Gasteiger partial charge in [-0.1, -0.05) is 18.2 Å². The molecule has 1 aromatic heterocycles. The van der Waals surface area contributed by atoms with Crippen LogP contribution >= 0.6 is 0 Å². The number of carbonyl (C=O) groups is 2. The van der Waals surface area contributed by atoms with Gasteiger partial charge in [0.25, 0.3) is 5.78 Å². The topological polar surface area (TPSA) is 103 Å². The van der Waals surface area contributed by atoms with Crippen molar-refractivity contribution in [2.75, 3.05) is 32.6 Å². The minimum absolute atomic E-state index is 0.0910. The number of carbonyl (C=O) groups excluding carboxylic acids is 2. The Morgan fingerprint density at radius 1 is 1.07 bits per heavy atom. The highest BCUT2D eigenvalue weighted by Gasteiger charge is 2.52. The predicted molar refractivity (Wildman–Crippen MR) is 146 cm³/mol. The lowest BCUT2D eigenvalue weighted by Gasteiger charge is -2.36. The summed E-state index contributed by atoms with van der Waals surface area (Å²) in [7, 11) is 2.77. The number of oxazole rings is 1. The number of methoxy groups -OCH3 is 2. The largest absolute Gasteiger partial charge is 0.494 e. The zero-order valence-electron chi connectivity index (χ0n) is 22.5. The Balaban J connectivity index is 1.59. The van der Waals surface area contributed by atoms with Crippen molar-refractivity contribution in [1.82, 2.24) is 9.88 Å². The maximum Gasteiger partial charge on any atom is 0.373 e. The van der Waals surface area contributed by atoms with Gasteiger partial charge in [0.2, 0.25) is 0 Å². The molecule has 0 bridgehead atoms. The van der Waals surface area contributed by atoms with E-state index in [1.807, 2.05) is 31.2 Å². The van der Waals surface area contributed by atoms with E-state index in [9.17, 15) is 9.59 Å². The van der Waals surface area contributed by atoms with Crippen LogP contribution in [-0.2, 0) is 9.53 Å². The van der Waals surface area contributed by atoms with E-state index in [-0.39, 0.29) is 11.3 Å². The smallest absolute Gasteiger partial charge is 0.373 e. The molecule has 1 aliphatic rings. The maximum atomic E-state index is 17.2. The molecule has 0 saturated carbocycles. The van der Waals surface area contributed by atoms with Gasteiger partial charge in [0.05, 0.1) is 19.8 Å². The molecule has 1 saturated heterocycles. The molecule has 0 radical (unpaired) electrons. The van der Waals surface area contributed by atoms with Crippen LogP contribution in [0.25, 0.3) is 11.1 Å². The molecule has 40 heavy (non-hydrogen) atoms. The molecule has 2 atom stereocenters. The van der Waals surface area contributed by atoms with E-state index in [0.717, 1.165) is 18.4 Å². The second-order valence-corrected chi connectivity index (χ2v) is 9.55. The number of fused-ring (bicyclic) bond motifs is 1. The molecule has 4 aromatic rings. The summed E-state index contributed by atoms with van der Waals surface area (Å²) in [6.45, 7) is 2.57. The minimum Gasteiger partial charge on any atom is -0.494 e. The standard InChI is InChI=1S/C30H30FN3O6/c1-19-8-4-5-9-23(19)33-26(21-16-24(37-2)27-25(17-21)39-18-32-27)28(35)30(31,34-14-6-7-15-34)40-22-12-10-20(11-13-22)29(36)38-3/h4-5,8-13,16-18,26,33H,6-7,14-15H2,1-3H3. The zero-order valence-corrected chi connectivity index (χ0v) is 22.5. The average molecular weight is 548 g/mol. The number of hydrogen-bond donors (Lipinski definition) is 1. The van der Waals surface area contributed by atoms with Crippen molar-refractivity contribution < 1.29 is 32.6 Å². The van der Waals surface area contributed by atoms with Crippen molar-refractivity contribution in [3.8, 4) is 11.5 Å². The molecule has 0 spiro atoms. The van der Waals surface area contributed by atoms with Gasteiger partial charge in [0.15, 0.2) is 17.5 Å². The Morgan fingerprint density at radius 2 is 1.80 bits per heavy atom. The number of halogens is 1. The summed E-state index contributed by atoms with van der Waals surface area (Å²) in [5.74, 6) is -3.74. The summed E-state index contributed by atoms with van der Waals surface area (Å²) in [5, 5.41) is 3.24. The molecule has 1 N–H and O–H groups in total. The van der Waals surface area contributed by atoms with Crippen LogP contribution in [0.3, 0.4) is 0 Å². The monoisotopic (exact) mass is 547 g/mol. The van der Waals surface area contributed by atoms with Crippen molar-refractivity contribution >= 4 is 28.5 Å². The van der Waals surface area contributed by atoms with Crippen LogP contribution in [0.1, 0.15) is 40.4 Å². The molecule has 208 valence electrons. The Morgan fingerprint density at radius 3 is 2.48 bits per heavy atom. The number of aryl methyl sites for hydroxylation is 1. The molecule has 0 amide bonds. The normalized spacial score (nSPS) is 15.8. The van der Waals surface area contributed by atoms with Crippen LogP contribution in [-0.4, -0.2) is 54.9 Å². The van der Waals surface area contributed by atoms with E-state index < -0.39 is 23.8 Å². The second-order valence-electron chi connectivity index (χ2n) is 9.55. The Bertz CT molecular complexity index is 1520. The first kappa shape index (κ1) is 27.1. The highest BCUT2D eigenvalue weighted by Crippen LogP contribution is 2.37. The van der Waals surface area contributed by atoms with Gasteiger partial charge >= 0.3 is 11.9 Å². The first-order valence-electron chi connectivity index (χ1n) is 12.9. The lowest BCUT2D eigenvalue weighted by Crippen LogP contribution is -2.57. The van der Waals surface area contributed by atoms with Crippen LogP contribution in [0.2, 0.25) is 0 Å². The highest BCUT2D eigenvalue weighted by atomic mass is 19.2. The van der Waals surface area contributed by atoms with Crippen molar-refractivity contribution in [3.05, 3.63) is 83.7 Å². The number of para-hydroxylation sites is 1.